The Bertz CT molecular complexity index is 564. The maximum atomic E-state index is 5.94. The molecular formula is C14H10Br2Cl2O. The number of hydrogen-bond donors (Lipinski definition) is 0. The van der Waals surface area contributed by atoms with E-state index in [2.05, 4.69) is 31.9 Å². The van der Waals surface area contributed by atoms with Crippen molar-refractivity contribution in [3.63, 3.8) is 0 Å². The second-order valence-corrected chi connectivity index (χ2v) is 6.35. The molecule has 0 aliphatic rings. The Balaban J connectivity index is 2.16. The zero-order chi connectivity index (χ0) is 13.8. The van der Waals surface area contributed by atoms with Crippen LogP contribution in [-0.2, 0) is 12.5 Å². The summed E-state index contributed by atoms with van der Waals surface area (Å²) in [5.41, 5.74) is 2.04. The molecule has 0 aliphatic heterocycles. The smallest absolute Gasteiger partial charge is 0.148 e. The largest absolute Gasteiger partial charge is 0.487 e. The molecule has 5 heteroatoms. The van der Waals surface area contributed by atoms with E-state index < -0.39 is 0 Å². The number of halogens is 4. The van der Waals surface area contributed by atoms with Gasteiger partial charge in [-0.2, -0.15) is 0 Å². The molecule has 0 spiro atoms. The van der Waals surface area contributed by atoms with Crippen LogP contribution in [0.3, 0.4) is 0 Å². The molecule has 0 amide bonds. The van der Waals surface area contributed by atoms with Crippen LogP contribution in [0.2, 0.25) is 5.02 Å². The molecular weight excluding hydrogens is 415 g/mol. The summed E-state index contributed by atoms with van der Waals surface area (Å²) in [5, 5.41) is 0.705. The van der Waals surface area contributed by atoms with Crippen LogP contribution in [-0.4, -0.2) is 0 Å². The maximum Gasteiger partial charge on any atom is 0.148 e. The summed E-state index contributed by atoms with van der Waals surface area (Å²) in [6.07, 6.45) is 0. The minimum atomic E-state index is 0.456. The zero-order valence-electron chi connectivity index (χ0n) is 9.80. The lowest BCUT2D eigenvalue weighted by Gasteiger charge is -2.12. The first kappa shape index (κ1) is 15.2. The molecule has 0 atom stereocenters. The molecule has 100 valence electrons. The minimum Gasteiger partial charge on any atom is -0.487 e. The molecule has 1 nitrogen and oxygen atoms in total. The Morgan fingerprint density at radius 1 is 1.00 bits per heavy atom. The second-order valence-electron chi connectivity index (χ2n) is 3.94. The van der Waals surface area contributed by atoms with Gasteiger partial charge in [0.15, 0.2) is 0 Å². The van der Waals surface area contributed by atoms with E-state index in [0.717, 1.165) is 25.8 Å². The third kappa shape index (κ3) is 4.12. The Labute approximate surface area is 139 Å². The standard InChI is InChI=1S/C14H10Br2Cl2O/c15-12-5-10(7-17)6-13(16)14(12)19-8-9-2-1-3-11(18)4-9/h1-6H,7-8H2. The normalized spacial score (nSPS) is 10.5. The quantitative estimate of drug-likeness (QED) is 0.532. The van der Waals surface area contributed by atoms with Gasteiger partial charge in [-0.15, -0.1) is 11.6 Å². The number of alkyl halides is 1. The van der Waals surface area contributed by atoms with E-state index in [0.29, 0.717) is 17.5 Å². The van der Waals surface area contributed by atoms with Crippen LogP contribution in [0, 0.1) is 0 Å². The van der Waals surface area contributed by atoms with E-state index in [1.165, 1.54) is 0 Å². The van der Waals surface area contributed by atoms with E-state index in [1.54, 1.807) is 0 Å². The van der Waals surface area contributed by atoms with E-state index in [-0.39, 0.29) is 0 Å². The highest BCUT2D eigenvalue weighted by Crippen LogP contribution is 2.35. The fourth-order valence-corrected chi connectivity index (χ4v) is 3.49. The van der Waals surface area contributed by atoms with Gasteiger partial charge in [-0.05, 0) is 67.3 Å². The maximum absolute atomic E-state index is 5.94. The van der Waals surface area contributed by atoms with Gasteiger partial charge in [0.25, 0.3) is 0 Å². The molecule has 0 N–H and O–H groups in total. The summed E-state index contributed by atoms with van der Waals surface area (Å²) < 4.78 is 7.56. The summed E-state index contributed by atoms with van der Waals surface area (Å²) in [6, 6.07) is 11.5. The van der Waals surface area contributed by atoms with Gasteiger partial charge < -0.3 is 4.74 Å². The number of ether oxygens (including phenoxy) is 1. The van der Waals surface area contributed by atoms with E-state index in [1.807, 2.05) is 36.4 Å². The molecule has 0 fully saturated rings. The van der Waals surface area contributed by atoms with Gasteiger partial charge in [0, 0.05) is 10.9 Å². The highest BCUT2D eigenvalue weighted by atomic mass is 79.9. The summed E-state index contributed by atoms with van der Waals surface area (Å²) in [4.78, 5) is 0. The first-order valence-corrected chi connectivity index (χ1v) is 8.01. The van der Waals surface area contributed by atoms with Crippen molar-refractivity contribution in [2.24, 2.45) is 0 Å². The van der Waals surface area contributed by atoms with Crippen LogP contribution in [0.25, 0.3) is 0 Å². The van der Waals surface area contributed by atoms with Gasteiger partial charge in [-0.3, -0.25) is 0 Å². The van der Waals surface area contributed by atoms with E-state index >= 15 is 0 Å². The zero-order valence-corrected chi connectivity index (χ0v) is 14.5. The summed E-state index contributed by atoms with van der Waals surface area (Å²) >= 11 is 18.7. The molecule has 0 bridgehead atoms. The predicted octanol–water partition coefficient (Wildman–Crippen LogP) is 6.18. The first-order chi connectivity index (χ1) is 9.10. The molecule has 0 heterocycles. The monoisotopic (exact) mass is 422 g/mol. The van der Waals surface area contributed by atoms with Crippen molar-refractivity contribution in [1.82, 2.24) is 0 Å². The topological polar surface area (TPSA) is 9.23 Å². The van der Waals surface area contributed by atoms with Gasteiger partial charge >= 0.3 is 0 Å². The van der Waals surface area contributed by atoms with Crippen molar-refractivity contribution in [3.05, 3.63) is 61.5 Å². The van der Waals surface area contributed by atoms with Crippen LogP contribution < -0.4 is 4.74 Å². The van der Waals surface area contributed by atoms with Gasteiger partial charge in [0.2, 0.25) is 0 Å². The average Bonchev–Trinajstić information content (AvgIpc) is 2.37. The molecule has 0 aliphatic carbocycles. The number of rotatable bonds is 4. The van der Waals surface area contributed by atoms with Crippen molar-refractivity contribution in [2.45, 2.75) is 12.5 Å². The first-order valence-electron chi connectivity index (χ1n) is 5.51. The molecule has 0 saturated carbocycles. The summed E-state index contributed by atoms with van der Waals surface area (Å²) in [7, 11) is 0. The molecule has 0 radical (unpaired) electrons. The molecule has 0 saturated heterocycles. The van der Waals surface area contributed by atoms with Gasteiger partial charge in [0.05, 0.1) is 8.95 Å². The second kappa shape index (κ2) is 6.98. The van der Waals surface area contributed by atoms with Crippen LogP contribution in [0.5, 0.6) is 5.75 Å². The van der Waals surface area contributed by atoms with Gasteiger partial charge in [0.1, 0.15) is 12.4 Å². The Kier molecular flexibility index (Phi) is 5.58. The fraction of sp³-hybridized carbons (Fsp3) is 0.143. The van der Waals surface area contributed by atoms with E-state index in [9.17, 15) is 0 Å². The predicted molar refractivity (Wildman–Crippen MR) is 87.2 cm³/mol. The summed E-state index contributed by atoms with van der Waals surface area (Å²) in [5.74, 6) is 1.22. The molecule has 19 heavy (non-hydrogen) atoms. The van der Waals surface area contributed by atoms with Crippen molar-refractivity contribution < 1.29 is 4.74 Å². The average molecular weight is 425 g/mol. The fourth-order valence-electron chi connectivity index (χ4n) is 1.61. The third-order valence-electron chi connectivity index (χ3n) is 2.48. The van der Waals surface area contributed by atoms with Gasteiger partial charge in [-0.1, -0.05) is 23.7 Å². The van der Waals surface area contributed by atoms with Crippen LogP contribution in [0.4, 0.5) is 0 Å². The van der Waals surface area contributed by atoms with Crippen LogP contribution in [0.15, 0.2) is 45.3 Å². The Hall–Kier alpha value is -0.220. The lowest BCUT2D eigenvalue weighted by atomic mass is 10.2. The SMILES string of the molecule is ClCc1cc(Br)c(OCc2cccc(Cl)c2)c(Br)c1. The molecule has 2 aromatic carbocycles. The highest BCUT2D eigenvalue weighted by Gasteiger charge is 2.09. The van der Waals surface area contributed by atoms with Crippen molar-refractivity contribution >= 4 is 55.1 Å². The lowest BCUT2D eigenvalue weighted by Crippen LogP contribution is -1.97. The Morgan fingerprint density at radius 3 is 2.26 bits per heavy atom. The molecule has 0 aromatic heterocycles. The summed E-state index contributed by atoms with van der Waals surface area (Å²) in [6.45, 7) is 0.456. The number of benzene rings is 2. The van der Waals surface area contributed by atoms with Crippen molar-refractivity contribution in [1.29, 1.82) is 0 Å². The van der Waals surface area contributed by atoms with Crippen molar-refractivity contribution in [2.75, 3.05) is 0 Å². The molecule has 2 aromatic rings. The van der Waals surface area contributed by atoms with Crippen LogP contribution in [0.1, 0.15) is 11.1 Å². The van der Waals surface area contributed by atoms with Crippen molar-refractivity contribution in [3.8, 4) is 5.75 Å². The Morgan fingerprint density at radius 2 is 1.68 bits per heavy atom. The third-order valence-corrected chi connectivity index (χ3v) is 4.21. The number of hydrogen-bond acceptors (Lipinski definition) is 1. The van der Waals surface area contributed by atoms with Gasteiger partial charge in [-0.25, -0.2) is 0 Å². The molecule has 2 rings (SSSR count). The molecule has 0 unspecified atom stereocenters. The lowest BCUT2D eigenvalue weighted by molar-refractivity contribution is 0.302. The van der Waals surface area contributed by atoms with Crippen LogP contribution >= 0.6 is 55.1 Å². The highest BCUT2D eigenvalue weighted by molar-refractivity contribution is 9.11. The van der Waals surface area contributed by atoms with E-state index in [4.69, 9.17) is 27.9 Å². The minimum absolute atomic E-state index is 0.456.